The summed E-state index contributed by atoms with van der Waals surface area (Å²) in [7, 11) is 0. The van der Waals surface area contributed by atoms with E-state index in [0.717, 1.165) is 12.8 Å². The number of nitrogens with zero attached hydrogens (tertiary/aromatic N) is 3. The van der Waals surface area contributed by atoms with Gasteiger partial charge in [0.25, 0.3) is 5.91 Å². The molecule has 3 rings (SSSR count). The largest absolute Gasteiger partial charge is 0.396 e. The highest BCUT2D eigenvalue weighted by atomic mass is 19.1. The van der Waals surface area contributed by atoms with Crippen LogP contribution in [-0.2, 0) is 0 Å². The van der Waals surface area contributed by atoms with Gasteiger partial charge in [-0.15, -0.1) is 5.10 Å². The number of para-hydroxylation sites is 1. The summed E-state index contributed by atoms with van der Waals surface area (Å²) in [4.78, 5) is 16.9. The zero-order valence-electron chi connectivity index (χ0n) is 14.4. The molecule has 1 saturated carbocycles. The van der Waals surface area contributed by atoms with E-state index in [1.165, 1.54) is 10.7 Å². The van der Waals surface area contributed by atoms with E-state index in [1.807, 2.05) is 13.8 Å². The van der Waals surface area contributed by atoms with Gasteiger partial charge in [-0.3, -0.25) is 4.79 Å². The molecule has 2 N–H and O–H groups in total. The van der Waals surface area contributed by atoms with Crippen LogP contribution >= 0.6 is 0 Å². The van der Waals surface area contributed by atoms with Crippen molar-refractivity contribution in [1.82, 2.24) is 20.1 Å². The van der Waals surface area contributed by atoms with Crippen LogP contribution in [0.1, 0.15) is 55.5 Å². The number of benzene rings is 1. The van der Waals surface area contributed by atoms with Gasteiger partial charge >= 0.3 is 0 Å². The van der Waals surface area contributed by atoms with Crippen LogP contribution in [0.4, 0.5) is 4.39 Å². The third-order valence-corrected chi connectivity index (χ3v) is 4.38. The van der Waals surface area contributed by atoms with Crippen LogP contribution in [-0.4, -0.2) is 38.4 Å². The average Bonchev–Trinajstić information content (AvgIpc) is 3.33. The molecule has 0 radical (unpaired) electrons. The van der Waals surface area contributed by atoms with Crippen LogP contribution in [0.5, 0.6) is 0 Å². The second kappa shape index (κ2) is 7.31. The molecular weight excluding hydrogens is 323 g/mol. The molecule has 1 aromatic carbocycles. The third kappa shape index (κ3) is 3.87. The van der Waals surface area contributed by atoms with Gasteiger partial charge in [-0.25, -0.2) is 14.1 Å². The topological polar surface area (TPSA) is 80.0 Å². The summed E-state index contributed by atoms with van der Waals surface area (Å²) in [5.41, 5.74) is 0.270. The Balaban J connectivity index is 1.88. The molecule has 25 heavy (non-hydrogen) atoms. The van der Waals surface area contributed by atoms with Gasteiger partial charge in [0.1, 0.15) is 17.3 Å². The van der Waals surface area contributed by atoms with Crippen molar-refractivity contribution in [3.63, 3.8) is 0 Å². The van der Waals surface area contributed by atoms with E-state index < -0.39 is 5.82 Å². The molecule has 6 nitrogen and oxygen atoms in total. The molecule has 0 aliphatic heterocycles. The molecule has 0 bridgehead atoms. The first-order valence-electron chi connectivity index (χ1n) is 8.64. The van der Waals surface area contributed by atoms with Crippen molar-refractivity contribution in [3.8, 4) is 5.69 Å². The van der Waals surface area contributed by atoms with Crippen molar-refractivity contribution in [2.24, 2.45) is 5.92 Å². The van der Waals surface area contributed by atoms with E-state index in [2.05, 4.69) is 15.4 Å². The van der Waals surface area contributed by atoms with E-state index in [4.69, 9.17) is 5.11 Å². The lowest BCUT2D eigenvalue weighted by atomic mass is 10.1. The highest BCUT2D eigenvalue weighted by molar-refractivity contribution is 5.90. The number of aliphatic hydroxyl groups excluding tert-OH is 1. The van der Waals surface area contributed by atoms with Crippen molar-refractivity contribution in [2.75, 3.05) is 6.61 Å². The van der Waals surface area contributed by atoms with Crippen LogP contribution in [0, 0.1) is 11.7 Å². The van der Waals surface area contributed by atoms with Crippen LogP contribution in [0.25, 0.3) is 5.69 Å². The molecule has 7 heteroatoms. The van der Waals surface area contributed by atoms with Gasteiger partial charge in [0.2, 0.25) is 5.82 Å². The fourth-order valence-electron chi connectivity index (χ4n) is 2.89. The summed E-state index contributed by atoms with van der Waals surface area (Å²) in [6.07, 6.45) is 2.63. The van der Waals surface area contributed by atoms with E-state index >= 15 is 0 Å². The highest BCUT2D eigenvalue weighted by Gasteiger charge is 2.33. The maximum Gasteiger partial charge on any atom is 0.291 e. The molecule has 1 aliphatic carbocycles. The molecule has 134 valence electrons. The molecule has 1 fully saturated rings. The predicted octanol–water partition coefficient (Wildman–Crippen LogP) is 2.42. The zero-order chi connectivity index (χ0) is 18.0. The Morgan fingerprint density at radius 2 is 2.12 bits per heavy atom. The van der Waals surface area contributed by atoms with Gasteiger partial charge in [0.05, 0.1) is 0 Å². The van der Waals surface area contributed by atoms with Gasteiger partial charge in [-0.05, 0) is 37.3 Å². The summed E-state index contributed by atoms with van der Waals surface area (Å²) < 4.78 is 15.5. The van der Waals surface area contributed by atoms with Crippen LogP contribution in [0.15, 0.2) is 24.3 Å². The SMILES string of the molecule is CC(C)c1nc(C(=O)NC(CCO)C2CC2)nn1-c1ccccc1F. The molecule has 1 heterocycles. The summed E-state index contributed by atoms with van der Waals surface area (Å²) in [5, 5.41) is 16.3. The fraction of sp³-hybridized carbons (Fsp3) is 0.500. The smallest absolute Gasteiger partial charge is 0.291 e. The van der Waals surface area contributed by atoms with Crippen LogP contribution in [0.2, 0.25) is 0 Å². The predicted molar refractivity (Wildman–Crippen MR) is 91.1 cm³/mol. The normalized spacial score (nSPS) is 15.4. The van der Waals surface area contributed by atoms with E-state index in [-0.39, 0.29) is 36.0 Å². The quantitative estimate of drug-likeness (QED) is 0.807. The van der Waals surface area contributed by atoms with E-state index in [9.17, 15) is 9.18 Å². The molecule has 0 spiro atoms. The lowest BCUT2D eigenvalue weighted by Crippen LogP contribution is -2.37. The summed E-state index contributed by atoms with van der Waals surface area (Å²) in [5.74, 6) is 0.135. The number of hydrogen-bond acceptors (Lipinski definition) is 4. The zero-order valence-corrected chi connectivity index (χ0v) is 14.4. The fourth-order valence-corrected chi connectivity index (χ4v) is 2.89. The Hall–Kier alpha value is -2.28. The number of aliphatic hydroxyl groups is 1. The molecular formula is C18H23FN4O2. The number of carbonyl (C=O) groups is 1. The Morgan fingerprint density at radius 1 is 1.40 bits per heavy atom. The first-order valence-corrected chi connectivity index (χ1v) is 8.64. The van der Waals surface area contributed by atoms with Crippen molar-refractivity contribution in [2.45, 2.75) is 45.1 Å². The van der Waals surface area contributed by atoms with Crippen molar-refractivity contribution >= 4 is 5.91 Å². The maximum absolute atomic E-state index is 14.1. The van der Waals surface area contributed by atoms with Gasteiger partial charge in [0.15, 0.2) is 0 Å². The summed E-state index contributed by atoms with van der Waals surface area (Å²) in [6.45, 7) is 3.86. The lowest BCUT2D eigenvalue weighted by molar-refractivity contribution is 0.0913. The molecule has 1 aliphatic rings. The third-order valence-electron chi connectivity index (χ3n) is 4.38. The number of hydrogen-bond donors (Lipinski definition) is 2. The molecule has 0 saturated heterocycles. The molecule has 1 atom stereocenters. The molecule has 1 unspecified atom stereocenters. The number of nitrogens with one attached hydrogen (secondary N) is 1. The van der Waals surface area contributed by atoms with Crippen molar-refractivity contribution in [3.05, 3.63) is 41.7 Å². The maximum atomic E-state index is 14.1. The van der Waals surface area contributed by atoms with Gasteiger partial charge < -0.3 is 10.4 Å². The van der Waals surface area contributed by atoms with Crippen molar-refractivity contribution in [1.29, 1.82) is 0 Å². The Labute approximate surface area is 146 Å². The second-order valence-electron chi connectivity index (χ2n) is 6.74. The number of carbonyl (C=O) groups excluding carboxylic acids is 1. The Bertz CT molecular complexity index is 755. The minimum atomic E-state index is -0.419. The second-order valence-corrected chi connectivity index (χ2v) is 6.74. The van der Waals surface area contributed by atoms with Gasteiger partial charge in [0, 0.05) is 18.6 Å². The van der Waals surface area contributed by atoms with Gasteiger partial charge in [-0.1, -0.05) is 26.0 Å². The minimum absolute atomic E-state index is 0.0228. The average molecular weight is 346 g/mol. The van der Waals surface area contributed by atoms with Crippen LogP contribution < -0.4 is 5.32 Å². The number of halogens is 1. The first kappa shape index (κ1) is 17.5. The monoisotopic (exact) mass is 346 g/mol. The Kier molecular flexibility index (Phi) is 5.13. The highest BCUT2D eigenvalue weighted by Crippen LogP contribution is 2.34. The standard InChI is InChI=1S/C18H23FN4O2/c1-11(2)17-21-16(18(25)20-14(9-10-24)12-7-8-12)22-23(17)15-6-4-3-5-13(15)19/h3-6,11-12,14,24H,7-10H2,1-2H3,(H,20,25). The number of amides is 1. The molecule has 1 aromatic heterocycles. The molecule has 1 amide bonds. The van der Waals surface area contributed by atoms with E-state index in [0.29, 0.717) is 18.2 Å². The number of aromatic nitrogens is 3. The molecule has 2 aromatic rings. The Morgan fingerprint density at radius 3 is 2.72 bits per heavy atom. The lowest BCUT2D eigenvalue weighted by Gasteiger charge is -2.15. The first-order chi connectivity index (χ1) is 12.0. The minimum Gasteiger partial charge on any atom is -0.396 e. The summed E-state index contributed by atoms with van der Waals surface area (Å²) >= 11 is 0. The number of rotatable bonds is 7. The van der Waals surface area contributed by atoms with E-state index in [1.54, 1.807) is 18.2 Å². The summed E-state index contributed by atoms with van der Waals surface area (Å²) in [6, 6.07) is 6.21. The van der Waals surface area contributed by atoms with Gasteiger partial charge in [-0.2, -0.15) is 0 Å². The van der Waals surface area contributed by atoms with Crippen LogP contribution in [0.3, 0.4) is 0 Å². The van der Waals surface area contributed by atoms with Crippen molar-refractivity contribution < 1.29 is 14.3 Å².